The minimum Gasteiger partial charge on any atom is -0.466 e. The Kier molecular flexibility index (Phi) is 9.00. The third-order valence-electron chi connectivity index (χ3n) is 5.34. The molecule has 2 aromatic rings. The molecule has 0 saturated heterocycles. The first-order valence-corrected chi connectivity index (χ1v) is 12.0. The summed E-state index contributed by atoms with van der Waals surface area (Å²) < 4.78 is 12.4. The maximum absolute atomic E-state index is 11.4. The lowest BCUT2D eigenvalue weighted by molar-refractivity contribution is -0.143. The molecule has 32 heavy (non-hydrogen) atoms. The van der Waals surface area contributed by atoms with Crippen molar-refractivity contribution in [3.63, 3.8) is 0 Å². The van der Waals surface area contributed by atoms with Crippen LogP contribution in [0.25, 0.3) is 0 Å². The smallest absolute Gasteiger partial charge is 0.308 e. The Hall–Kier alpha value is -2.51. The fourth-order valence-corrected chi connectivity index (χ4v) is 4.91. The molecule has 1 N–H and O–H groups in total. The SMILES string of the molecule is CCOC(=O)CCCCCCNC1c2ccc(OC(C)=O)cc2SN(C)c2ccccc21. The van der Waals surface area contributed by atoms with Gasteiger partial charge >= 0.3 is 11.9 Å². The number of rotatable bonds is 10. The number of hydrogen-bond acceptors (Lipinski definition) is 7. The molecule has 0 spiro atoms. The third kappa shape index (κ3) is 6.50. The average molecular weight is 457 g/mol. The number of ether oxygens (including phenoxy) is 2. The normalized spacial score (nSPS) is 14.8. The minimum atomic E-state index is -0.321. The molecule has 0 amide bonds. The predicted molar refractivity (Wildman–Crippen MR) is 128 cm³/mol. The predicted octanol–water partition coefficient (Wildman–Crippen LogP) is 5.26. The zero-order chi connectivity index (χ0) is 22.9. The Morgan fingerprint density at radius 1 is 1.06 bits per heavy atom. The van der Waals surface area contributed by atoms with E-state index in [0.717, 1.165) is 42.8 Å². The van der Waals surface area contributed by atoms with Crippen LogP contribution in [0.5, 0.6) is 5.75 Å². The second-order valence-electron chi connectivity index (χ2n) is 7.80. The molecule has 0 fully saturated rings. The average Bonchev–Trinajstić information content (AvgIpc) is 2.87. The topological polar surface area (TPSA) is 67.9 Å². The number of nitrogens with zero attached hydrogens (tertiary/aromatic N) is 1. The number of anilines is 1. The largest absolute Gasteiger partial charge is 0.466 e. The first-order chi connectivity index (χ1) is 15.5. The molecule has 6 nitrogen and oxygen atoms in total. The molecule has 1 unspecified atom stereocenters. The van der Waals surface area contributed by atoms with Gasteiger partial charge in [-0.05, 0) is 67.6 Å². The maximum Gasteiger partial charge on any atom is 0.308 e. The van der Waals surface area contributed by atoms with Crippen LogP contribution in [-0.2, 0) is 14.3 Å². The monoisotopic (exact) mass is 456 g/mol. The number of para-hydroxylation sites is 1. The molecular formula is C25H32N2O4S. The number of esters is 2. The molecule has 172 valence electrons. The molecule has 1 aliphatic rings. The van der Waals surface area contributed by atoms with Crippen molar-refractivity contribution in [1.29, 1.82) is 0 Å². The van der Waals surface area contributed by atoms with Gasteiger partial charge in [0, 0.05) is 25.3 Å². The number of carbonyl (C=O) groups excluding carboxylic acids is 2. The first kappa shape index (κ1) is 24.1. The van der Waals surface area contributed by atoms with Crippen molar-refractivity contribution in [3.05, 3.63) is 53.6 Å². The summed E-state index contributed by atoms with van der Waals surface area (Å²) in [4.78, 5) is 23.9. The summed E-state index contributed by atoms with van der Waals surface area (Å²) in [5.74, 6) is 0.133. The maximum atomic E-state index is 11.4. The second kappa shape index (κ2) is 11.9. The van der Waals surface area contributed by atoms with Crippen molar-refractivity contribution in [3.8, 4) is 5.75 Å². The molecule has 0 radical (unpaired) electrons. The Labute approximate surface area is 194 Å². The van der Waals surface area contributed by atoms with Gasteiger partial charge in [-0.25, -0.2) is 0 Å². The van der Waals surface area contributed by atoms with Gasteiger partial charge in [-0.2, -0.15) is 0 Å². The molecule has 3 rings (SSSR count). The Bertz CT molecular complexity index is 934. The molecule has 7 heteroatoms. The summed E-state index contributed by atoms with van der Waals surface area (Å²) in [5, 5.41) is 3.74. The van der Waals surface area contributed by atoms with E-state index < -0.39 is 0 Å². The van der Waals surface area contributed by atoms with Gasteiger partial charge in [-0.3, -0.25) is 9.59 Å². The fourth-order valence-electron chi connectivity index (χ4n) is 3.89. The molecule has 0 bridgehead atoms. The molecule has 1 atom stereocenters. The Morgan fingerprint density at radius 3 is 2.62 bits per heavy atom. The summed E-state index contributed by atoms with van der Waals surface area (Å²) in [7, 11) is 2.05. The number of unbranched alkanes of at least 4 members (excludes halogenated alkanes) is 3. The molecular weight excluding hydrogens is 424 g/mol. The van der Waals surface area contributed by atoms with E-state index in [1.54, 1.807) is 11.9 Å². The highest BCUT2D eigenvalue weighted by atomic mass is 32.2. The number of benzene rings is 2. The highest BCUT2D eigenvalue weighted by Crippen LogP contribution is 2.44. The van der Waals surface area contributed by atoms with Gasteiger partial charge in [0.25, 0.3) is 0 Å². The van der Waals surface area contributed by atoms with E-state index in [0.29, 0.717) is 18.8 Å². The number of hydrogen-bond donors (Lipinski definition) is 1. The van der Waals surface area contributed by atoms with Crippen LogP contribution in [0.4, 0.5) is 5.69 Å². The van der Waals surface area contributed by atoms with Crippen LogP contribution in [0.2, 0.25) is 0 Å². The van der Waals surface area contributed by atoms with Crippen molar-refractivity contribution in [2.45, 2.75) is 56.9 Å². The van der Waals surface area contributed by atoms with Crippen LogP contribution in [0.15, 0.2) is 47.4 Å². The zero-order valence-corrected chi connectivity index (χ0v) is 19.9. The van der Waals surface area contributed by atoms with Crippen molar-refractivity contribution >= 4 is 29.6 Å². The summed E-state index contributed by atoms with van der Waals surface area (Å²) in [5.41, 5.74) is 3.56. The summed E-state index contributed by atoms with van der Waals surface area (Å²) in [6.07, 6.45) is 4.48. The van der Waals surface area contributed by atoms with E-state index in [4.69, 9.17) is 9.47 Å². The number of carbonyl (C=O) groups is 2. The third-order valence-corrected chi connectivity index (χ3v) is 6.36. The first-order valence-electron chi connectivity index (χ1n) is 11.2. The lowest BCUT2D eigenvalue weighted by atomic mass is 9.96. The summed E-state index contributed by atoms with van der Waals surface area (Å²) in [6.45, 7) is 4.57. The summed E-state index contributed by atoms with van der Waals surface area (Å²) in [6, 6.07) is 14.3. The molecule has 0 saturated carbocycles. The minimum absolute atomic E-state index is 0.0459. The highest BCUT2D eigenvalue weighted by molar-refractivity contribution is 8.00. The van der Waals surface area contributed by atoms with Gasteiger partial charge in [0.05, 0.1) is 18.3 Å². The highest BCUT2D eigenvalue weighted by Gasteiger charge is 2.26. The molecule has 0 aromatic heterocycles. The van der Waals surface area contributed by atoms with Crippen molar-refractivity contribution < 1.29 is 19.1 Å². The van der Waals surface area contributed by atoms with Gasteiger partial charge in [-0.15, -0.1) is 0 Å². The van der Waals surface area contributed by atoms with Gasteiger partial charge in [0.15, 0.2) is 0 Å². The molecule has 1 heterocycles. The Balaban J connectivity index is 1.67. The van der Waals surface area contributed by atoms with Crippen LogP contribution < -0.4 is 14.4 Å². The Morgan fingerprint density at radius 2 is 1.84 bits per heavy atom. The standard InChI is InChI=1S/C25H32N2O4S/c1-4-30-24(29)13-7-5-6-10-16-26-25-20-11-8-9-12-22(20)27(3)32-23-17-19(31-18(2)28)14-15-21(23)25/h8-9,11-12,14-15,17,25-26H,4-7,10,13,16H2,1-3H3. The van der Waals surface area contributed by atoms with Gasteiger partial charge < -0.3 is 19.1 Å². The van der Waals surface area contributed by atoms with Crippen LogP contribution in [0.1, 0.15) is 63.1 Å². The van der Waals surface area contributed by atoms with E-state index in [2.05, 4.69) is 40.9 Å². The van der Waals surface area contributed by atoms with Gasteiger partial charge in [0.2, 0.25) is 0 Å². The summed E-state index contributed by atoms with van der Waals surface area (Å²) >= 11 is 1.64. The van der Waals surface area contributed by atoms with Crippen molar-refractivity contribution in [2.75, 3.05) is 24.5 Å². The lowest BCUT2D eigenvalue weighted by Gasteiger charge is -2.22. The second-order valence-corrected chi connectivity index (χ2v) is 8.97. The van der Waals surface area contributed by atoms with E-state index in [1.165, 1.54) is 18.1 Å². The lowest BCUT2D eigenvalue weighted by Crippen LogP contribution is -2.24. The zero-order valence-electron chi connectivity index (χ0n) is 19.1. The van der Waals surface area contributed by atoms with Crippen LogP contribution >= 0.6 is 11.9 Å². The van der Waals surface area contributed by atoms with Crippen LogP contribution in [0.3, 0.4) is 0 Å². The van der Waals surface area contributed by atoms with E-state index in [1.807, 2.05) is 25.1 Å². The number of nitrogens with one attached hydrogen (secondary N) is 1. The van der Waals surface area contributed by atoms with E-state index in [9.17, 15) is 9.59 Å². The van der Waals surface area contributed by atoms with Gasteiger partial charge in [-0.1, -0.05) is 37.1 Å². The van der Waals surface area contributed by atoms with Crippen molar-refractivity contribution in [2.24, 2.45) is 0 Å². The fraction of sp³-hybridized carbons (Fsp3) is 0.440. The van der Waals surface area contributed by atoms with Crippen molar-refractivity contribution in [1.82, 2.24) is 5.32 Å². The quantitative estimate of drug-likeness (QED) is 0.226. The molecule has 2 aromatic carbocycles. The van der Waals surface area contributed by atoms with E-state index >= 15 is 0 Å². The van der Waals surface area contributed by atoms with Crippen LogP contribution in [-0.4, -0.2) is 32.1 Å². The van der Waals surface area contributed by atoms with Gasteiger partial charge in [0.1, 0.15) is 5.75 Å². The molecule has 0 aliphatic carbocycles. The van der Waals surface area contributed by atoms with E-state index in [-0.39, 0.29) is 18.0 Å². The number of fused-ring (bicyclic) bond motifs is 2. The molecule has 1 aliphatic heterocycles. The van der Waals surface area contributed by atoms with Crippen LogP contribution in [0, 0.1) is 0 Å².